The van der Waals surface area contributed by atoms with Gasteiger partial charge in [0.05, 0.1) is 7.11 Å². The van der Waals surface area contributed by atoms with E-state index in [-0.39, 0.29) is 23.3 Å². The normalized spacial score (nSPS) is 33.4. The second-order valence-electron chi connectivity index (χ2n) is 9.60. The third-order valence-corrected chi connectivity index (χ3v) is 7.19. The summed E-state index contributed by atoms with van der Waals surface area (Å²) in [7, 11) is 1.63. The molecule has 2 atom stereocenters. The smallest absolute Gasteiger partial charge is 0.245 e. The Labute approximate surface area is 166 Å². The summed E-state index contributed by atoms with van der Waals surface area (Å²) in [5, 5.41) is 6.65. The number of methoxy groups -OCH3 is 1. The third-order valence-electron chi connectivity index (χ3n) is 7.19. The van der Waals surface area contributed by atoms with Gasteiger partial charge in [0.1, 0.15) is 11.3 Å². The van der Waals surface area contributed by atoms with Crippen molar-refractivity contribution >= 4 is 17.5 Å². The van der Waals surface area contributed by atoms with E-state index in [9.17, 15) is 9.59 Å². The molecule has 2 amide bonds. The maximum atomic E-state index is 13.1. The lowest BCUT2D eigenvalue weighted by Gasteiger charge is -2.59. The first kappa shape index (κ1) is 19.1. The summed E-state index contributed by atoms with van der Waals surface area (Å²) in [5.41, 5.74) is 5.53. The zero-order chi connectivity index (χ0) is 20.1. The first-order valence-corrected chi connectivity index (χ1v) is 10.3. The first-order chi connectivity index (χ1) is 13.2. The molecule has 0 heterocycles. The molecule has 0 saturated heterocycles. The van der Waals surface area contributed by atoms with Crippen molar-refractivity contribution in [3.05, 3.63) is 24.3 Å². The number of primary amides is 1. The highest BCUT2D eigenvalue weighted by molar-refractivity contribution is 5.89. The van der Waals surface area contributed by atoms with Gasteiger partial charge in [-0.15, -0.1) is 0 Å². The van der Waals surface area contributed by atoms with Crippen LogP contribution in [0.4, 0.5) is 5.69 Å². The zero-order valence-electron chi connectivity index (χ0n) is 17.0. The van der Waals surface area contributed by atoms with Crippen molar-refractivity contribution in [2.45, 2.75) is 57.5 Å². The molecule has 1 aromatic carbocycles. The van der Waals surface area contributed by atoms with E-state index in [4.69, 9.17) is 10.5 Å². The largest absolute Gasteiger partial charge is 0.497 e. The van der Waals surface area contributed by atoms with E-state index >= 15 is 0 Å². The standard InChI is InChI=1S/C22H31N3O3/c1-21(2,25-16-5-4-6-17(9-16)28-3)20(27)24-18-14-7-13-8-15(18)12-22(10-13,11-14)19(23)26/h4-6,9,13-15,18,25H,7-8,10-12H2,1-3H3,(H2,23,26)(H,24,27). The van der Waals surface area contributed by atoms with Crippen LogP contribution in [0.25, 0.3) is 0 Å². The molecule has 0 spiro atoms. The lowest BCUT2D eigenvalue weighted by atomic mass is 9.47. The zero-order valence-corrected chi connectivity index (χ0v) is 17.0. The van der Waals surface area contributed by atoms with Gasteiger partial charge in [0.25, 0.3) is 0 Å². The van der Waals surface area contributed by atoms with Gasteiger partial charge in [-0.1, -0.05) is 6.07 Å². The van der Waals surface area contributed by atoms with Crippen molar-refractivity contribution in [3.8, 4) is 5.75 Å². The number of nitrogens with one attached hydrogen (secondary N) is 2. The quantitative estimate of drug-likeness (QED) is 0.702. The predicted octanol–water partition coefficient (Wildman–Crippen LogP) is 2.68. The Morgan fingerprint density at radius 2 is 1.86 bits per heavy atom. The average Bonchev–Trinajstić information content (AvgIpc) is 2.63. The second kappa shape index (κ2) is 6.68. The third kappa shape index (κ3) is 3.23. The number of carbonyl (C=O) groups is 2. The van der Waals surface area contributed by atoms with Crippen LogP contribution in [-0.2, 0) is 9.59 Å². The van der Waals surface area contributed by atoms with Gasteiger partial charge >= 0.3 is 0 Å². The van der Waals surface area contributed by atoms with Crippen LogP contribution in [-0.4, -0.2) is 30.5 Å². The molecule has 4 fully saturated rings. The molecule has 0 aromatic heterocycles. The van der Waals surface area contributed by atoms with E-state index in [1.807, 2.05) is 38.1 Å². The Morgan fingerprint density at radius 3 is 2.46 bits per heavy atom. The maximum absolute atomic E-state index is 13.1. The Hall–Kier alpha value is -2.24. The molecular weight excluding hydrogens is 354 g/mol. The molecular formula is C22H31N3O3. The lowest BCUT2D eigenvalue weighted by molar-refractivity contribution is -0.147. The number of hydrogen-bond donors (Lipinski definition) is 3. The van der Waals surface area contributed by atoms with Crippen molar-refractivity contribution in [2.24, 2.45) is 28.9 Å². The van der Waals surface area contributed by atoms with Crippen LogP contribution >= 0.6 is 0 Å². The van der Waals surface area contributed by atoms with Gasteiger partial charge in [0.2, 0.25) is 11.8 Å². The second-order valence-corrected chi connectivity index (χ2v) is 9.60. The lowest BCUT2D eigenvalue weighted by Crippen LogP contribution is -2.64. The van der Waals surface area contributed by atoms with Crippen LogP contribution in [0, 0.1) is 23.2 Å². The molecule has 4 N–H and O–H groups in total. The summed E-state index contributed by atoms with van der Waals surface area (Å²) >= 11 is 0. The fourth-order valence-corrected chi connectivity index (χ4v) is 6.01. The number of rotatable bonds is 6. The van der Waals surface area contributed by atoms with Gasteiger partial charge < -0.3 is 21.1 Å². The van der Waals surface area contributed by atoms with Gasteiger partial charge in [0, 0.05) is 23.2 Å². The van der Waals surface area contributed by atoms with Gasteiger partial charge in [-0.3, -0.25) is 9.59 Å². The molecule has 2 unspecified atom stereocenters. The average molecular weight is 386 g/mol. The van der Waals surface area contributed by atoms with Crippen LogP contribution in [0.2, 0.25) is 0 Å². The molecule has 28 heavy (non-hydrogen) atoms. The summed E-state index contributed by atoms with van der Waals surface area (Å²) in [6, 6.07) is 7.73. The van der Waals surface area contributed by atoms with Gasteiger partial charge in [-0.05, 0) is 75.8 Å². The minimum Gasteiger partial charge on any atom is -0.497 e. The van der Waals surface area contributed by atoms with Crippen LogP contribution in [0.15, 0.2) is 24.3 Å². The van der Waals surface area contributed by atoms with Crippen molar-refractivity contribution in [1.82, 2.24) is 5.32 Å². The van der Waals surface area contributed by atoms with Gasteiger partial charge in [-0.25, -0.2) is 0 Å². The van der Waals surface area contributed by atoms with E-state index in [0.29, 0.717) is 17.8 Å². The Kier molecular flexibility index (Phi) is 4.55. The van der Waals surface area contributed by atoms with Crippen LogP contribution in [0.1, 0.15) is 46.0 Å². The molecule has 6 nitrogen and oxygen atoms in total. The van der Waals surface area contributed by atoms with Crippen molar-refractivity contribution in [3.63, 3.8) is 0 Å². The molecule has 1 aromatic rings. The molecule has 4 saturated carbocycles. The number of anilines is 1. The van der Waals surface area contributed by atoms with Gasteiger partial charge in [-0.2, -0.15) is 0 Å². The fourth-order valence-electron chi connectivity index (χ4n) is 6.01. The summed E-state index contributed by atoms with van der Waals surface area (Å²) in [6.07, 6.45) is 4.79. The van der Waals surface area contributed by atoms with Crippen molar-refractivity contribution in [1.29, 1.82) is 0 Å². The highest BCUT2D eigenvalue weighted by atomic mass is 16.5. The molecule has 4 aliphatic rings. The Balaban J connectivity index is 1.45. The number of hydrogen-bond acceptors (Lipinski definition) is 4. The summed E-state index contributed by atoms with van der Waals surface area (Å²) in [4.78, 5) is 25.2. The summed E-state index contributed by atoms with van der Waals surface area (Å²) < 4.78 is 5.27. The minimum atomic E-state index is -0.762. The molecule has 5 rings (SSSR count). The van der Waals surface area contributed by atoms with Gasteiger partial charge in [0.15, 0.2) is 0 Å². The highest BCUT2D eigenvalue weighted by Gasteiger charge is 2.58. The van der Waals surface area contributed by atoms with E-state index in [2.05, 4.69) is 10.6 Å². The summed E-state index contributed by atoms with van der Waals surface area (Å²) in [6.45, 7) is 3.78. The molecule has 152 valence electrons. The number of ether oxygens (including phenoxy) is 1. The van der Waals surface area contributed by atoms with E-state index in [1.54, 1.807) is 7.11 Å². The predicted molar refractivity (Wildman–Crippen MR) is 108 cm³/mol. The van der Waals surface area contributed by atoms with Crippen molar-refractivity contribution in [2.75, 3.05) is 12.4 Å². The molecule has 0 radical (unpaired) electrons. The number of amides is 2. The molecule has 6 heteroatoms. The Morgan fingerprint density at radius 1 is 1.18 bits per heavy atom. The molecule has 4 aliphatic carbocycles. The number of nitrogens with two attached hydrogens (primary N) is 1. The van der Waals surface area contributed by atoms with Crippen LogP contribution in [0.5, 0.6) is 5.75 Å². The first-order valence-electron chi connectivity index (χ1n) is 10.3. The monoisotopic (exact) mass is 385 g/mol. The minimum absolute atomic E-state index is 0.0130. The van der Waals surface area contributed by atoms with E-state index < -0.39 is 5.54 Å². The molecule has 4 bridgehead atoms. The maximum Gasteiger partial charge on any atom is 0.245 e. The van der Waals surface area contributed by atoms with Crippen LogP contribution in [0.3, 0.4) is 0 Å². The summed E-state index contributed by atoms with van der Waals surface area (Å²) in [5.74, 6) is 1.89. The van der Waals surface area contributed by atoms with E-state index in [0.717, 1.165) is 43.5 Å². The van der Waals surface area contributed by atoms with Crippen LogP contribution < -0.4 is 21.1 Å². The topological polar surface area (TPSA) is 93.4 Å². The number of carbonyl (C=O) groups excluding carboxylic acids is 2. The van der Waals surface area contributed by atoms with Crippen molar-refractivity contribution < 1.29 is 14.3 Å². The highest BCUT2D eigenvalue weighted by Crippen LogP contribution is 2.59. The SMILES string of the molecule is COc1cccc(NC(C)(C)C(=O)NC2C3CC4CC2CC(C(N)=O)(C4)C3)c1. The molecule has 0 aliphatic heterocycles. The fraction of sp³-hybridized carbons (Fsp3) is 0.636. The Bertz CT molecular complexity index is 775. The van der Waals surface area contributed by atoms with E-state index in [1.165, 1.54) is 0 Å². The number of benzene rings is 1.